The molecular formula is C18H35FN2. The second kappa shape index (κ2) is 6.16. The van der Waals surface area contributed by atoms with E-state index in [1.165, 1.54) is 19.4 Å². The monoisotopic (exact) mass is 298 g/mol. The van der Waals surface area contributed by atoms with E-state index in [1.54, 1.807) is 0 Å². The van der Waals surface area contributed by atoms with Crippen LogP contribution in [0.2, 0.25) is 0 Å². The van der Waals surface area contributed by atoms with Crippen LogP contribution in [0.5, 0.6) is 0 Å². The molecule has 0 aromatic heterocycles. The maximum atomic E-state index is 14.6. The quantitative estimate of drug-likeness (QED) is 0.723. The van der Waals surface area contributed by atoms with E-state index < -0.39 is 6.17 Å². The first kappa shape index (κ1) is 17.2. The predicted octanol–water partition coefficient (Wildman–Crippen LogP) is 3.96. The van der Waals surface area contributed by atoms with Gasteiger partial charge in [0.25, 0.3) is 0 Å². The molecule has 2 heterocycles. The first-order chi connectivity index (χ1) is 9.59. The van der Waals surface area contributed by atoms with Crippen molar-refractivity contribution in [2.24, 2.45) is 11.3 Å². The minimum absolute atomic E-state index is 0.0928. The summed E-state index contributed by atoms with van der Waals surface area (Å²) in [5.74, 6) is 0.219. The topological polar surface area (TPSA) is 6.48 Å². The van der Waals surface area contributed by atoms with Crippen LogP contribution in [-0.4, -0.2) is 53.7 Å². The number of likely N-dealkylation sites (tertiary alicyclic amines) is 2. The lowest BCUT2D eigenvalue weighted by Crippen LogP contribution is -2.57. The molecule has 21 heavy (non-hydrogen) atoms. The lowest BCUT2D eigenvalue weighted by molar-refractivity contribution is -0.0202. The highest BCUT2D eigenvalue weighted by molar-refractivity contribution is 4.93. The van der Waals surface area contributed by atoms with E-state index in [2.05, 4.69) is 51.3 Å². The van der Waals surface area contributed by atoms with Gasteiger partial charge in [-0.1, -0.05) is 20.8 Å². The Balaban J connectivity index is 1.95. The lowest BCUT2D eigenvalue weighted by atomic mass is 9.74. The van der Waals surface area contributed by atoms with Gasteiger partial charge in [0.2, 0.25) is 0 Å². The zero-order valence-electron chi connectivity index (χ0n) is 15.0. The van der Waals surface area contributed by atoms with Crippen molar-refractivity contribution in [2.45, 2.75) is 78.6 Å². The Morgan fingerprint density at radius 1 is 0.905 bits per heavy atom. The third-order valence-corrected chi connectivity index (χ3v) is 5.55. The molecule has 2 aliphatic heterocycles. The van der Waals surface area contributed by atoms with Crippen molar-refractivity contribution >= 4 is 0 Å². The molecule has 0 aromatic carbocycles. The van der Waals surface area contributed by atoms with Crippen molar-refractivity contribution < 1.29 is 4.39 Å². The molecule has 0 aromatic rings. The van der Waals surface area contributed by atoms with Gasteiger partial charge in [-0.15, -0.1) is 0 Å². The Morgan fingerprint density at radius 2 is 1.57 bits per heavy atom. The Labute approximate surface area is 131 Å². The smallest absolute Gasteiger partial charge is 0.116 e. The van der Waals surface area contributed by atoms with Crippen LogP contribution in [0.3, 0.4) is 0 Å². The first-order valence-corrected chi connectivity index (χ1v) is 8.72. The molecule has 2 saturated heterocycles. The van der Waals surface area contributed by atoms with Crippen LogP contribution in [0.25, 0.3) is 0 Å². The Hall–Kier alpha value is -0.150. The van der Waals surface area contributed by atoms with Crippen LogP contribution in [-0.2, 0) is 0 Å². The van der Waals surface area contributed by atoms with E-state index in [0.29, 0.717) is 12.6 Å². The minimum atomic E-state index is -0.663. The van der Waals surface area contributed by atoms with Crippen LogP contribution >= 0.6 is 0 Å². The zero-order chi connectivity index (χ0) is 15.8. The van der Waals surface area contributed by atoms with Crippen LogP contribution in [0.15, 0.2) is 0 Å². The van der Waals surface area contributed by atoms with Crippen molar-refractivity contribution in [1.29, 1.82) is 0 Å². The Morgan fingerprint density at radius 3 is 2.10 bits per heavy atom. The van der Waals surface area contributed by atoms with E-state index in [4.69, 9.17) is 0 Å². The van der Waals surface area contributed by atoms with Gasteiger partial charge in [0.1, 0.15) is 6.17 Å². The molecule has 0 aliphatic carbocycles. The summed E-state index contributed by atoms with van der Waals surface area (Å²) in [6.45, 7) is 17.4. The molecule has 0 bridgehead atoms. The summed E-state index contributed by atoms with van der Waals surface area (Å²) in [5, 5.41) is 0. The van der Waals surface area contributed by atoms with Gasteiger partial charge in [0.05, 0.1) is 0 Å². The molecule has 2 nitrogen and oxygen atoms in total. The zero-order valence-corrected chi connectivity index (χ0v) is 15.0. The standard InChI is InChI=1S/C18H35FN2/c1-17(2,3)15-9-11-20(13-16(15)19)14-8-7-10-21(12-14)18(4,5)6/h14-16H,7-13H2,1-6H3/t14?,15-,16-/m0/s1. The molecule has 2 aliphatic rings. The molecule has 0 saturated carbocycles. The summed E-state index contributed by atoms with van der Waals surface area (Å²) >= 11 is 0. The second-order valence-corrected chi connectivity index (χ2v) is 9.19. The van der Waals surface area contributed by atoms with Crippen molar-refractivity contribution in [3.8, 4) is 0 Å². The van der Waals surface area contributed by atoms with Crippen LogP contribution in [0, 0.1) is 11.3 Å². The van der Waals surface area contributed by atoms with E-state index >= 15 is 0 Å². The molecule has 2 fully saturated rings. The fourth-order valence-corrected chi connectivity index (χ4v) is 4.10. The maximum Gasteiger partial charge on any atom is 0.116 e. The largest absolute Gasteiger partial charge is 0.297 e. The number of piperidine rings is 2. The maximum absolute atomic E-state index is 14.6. The minimum Gasteiger partial charge on any atom is -0.297 e. The summed E-state index contributed by atoms with van der Waals surface area (Å²) in [6.07, 6.45) is 2.83. The molecule has 3 atom stereocenters. The third-order valence-electron chi connectivity index (χ3n) is 5.55. The van der Waals surface area contributed by atoms with Gasteiger partial charge in [-0.05, 0) is 64.5 Å². The SMILES string of the molecule is CC(C)(C)[C@H]1CCN(C2CCCN(C(C)(C)C)C2)C[C@@H]1F. The number of alkyl halides is 1. The summed E-state index contributed by atoms with van der Waals surface area (Å²) in [5.41, 5.74) is 0.326. The van der Waals surface area contributed by atoms with Crippen LogP contribution in [0.1, 0.15) is 60.8 Å². The van der Waals surface area contributed by atoms with Gasteiger partial charge in [-0.3, -0.25) is 9.80 Å². The van der Waals surface area contributed by atoms with Crippen molar-refractivity contribution in [3.63, 3.8) is 0 Å². The highest BCUT2D eigenvalue weighted by atomic mass is 19.1. The fourth-order valence-electron chi connectivity index (χ4n) is 4.10. The number of hydrogen-bond acceptors (Lipinski definition) is 2. The second-order valence-electron chi connectivity index (χ2n) is 9.19. The van der Waals surface area contributed by atoms with E-state index in [0.717, 1.165) is 19.5 Å². The molecule has 124 valence electrons. The lowest BCUT2D eigenvalue weighted by Gasteiger charge is -2.48. The highest BCUT2D eigenvalue weighted by Crippen LogP contribution is 2.37. The van der Waals surface area contributed by atoms with Gasteiger partial charge in [0, 0.05) is 24.7 Å². The predicted molar refractivity (Wildman–Crippen MR) is 88.4 cm³/mol. The summed E-state index contributed by atoms with van der Waals surface area (Å²) in [7, 11) is 0. The van der Waals surface area contributed by atoms with Gasteiger partial charge >= 0.3 is 0 Å². The molecule has 0 radical (unpaired) electrons. The molecule has 1 unspecified atom stereocenters. The number of hydrogen-bond donors (Lipinski definition) is 0. The summed E-state index contributed by atoms with van der Waals surface area (Å²) < 4.78 is 14.6. The van der Waals surface area contributed by atoms with Crippen LogP contribution < -0.4 is 0 Å². The summed E-state index contributed by atoms with van der Waals surface area (Å²) in [6, 6.07) is 0.553. The van der Waals surface area contributed by atoms with Gasteiger partial charge < -0.3 is 0 Å². The van der Waals surface area contributed by atoms with Crippen molar-refractivity contribution in [3.05, 3.63) is 0 Å². The van der Waals surface area contributed by atoms with E-state index in [1.807, 2.05) is 0 Å². The van der Waals surface area contributed by atoms with Crippen molar-refractivity contribution in [2.75, 3.05) is 26.2 Å². The average Bonchev–Trinajstić information content (AvgIpc) is 2.36. The number of halogens is 1. The van der Waals surface area contributed by atoms with Gasteiger partial charge in [-0.2, -0.15) is 0 Å². The molecular weight excluding hydrogens is 263 g/mol. The summed E-state index contributed by atoms with van der Waals surface area (Å²) in [4.78, 5) is 5.01. The van der Waals surface area contributed by atoms with Gasteiger partial charge in [-0.25, -0.2) is 4.39 Å². The molecule has 2 rings (SSSR count). The normalized spacial score (nSPS) is 34.1. The van der Waals surface area contributed by atoms with Crippen molar-refractivity contribution in [1.82, 2.24) is 9.80 Å². The van der Waals surface area contributed by atoms with E-state index in [-0.39, 0.29) is 16.9 Å². The molecule has 0 N–H and O–H groups in total. The highest BCUT2D eigenvalue weighted by Gasteiger charge is 2.40. The molecule has 0 spiro atoms. The number of rotatable bonds is 1. The average molecular weight is 298 g/mol. The first-order valence-electron chi connectivity index (χ1n) is 8.72. The Bertz CT molecular complexity index is 342. The van der Waals surface area contributed by atoms with E-state index in [9.17, 15) is 4.39 Å². The molecule has 3 heteroatoms. The fraction of sp³-hybridized carbons (Fsp3) is 1.00. The molecule has 0 amide bonds. The number of nitrogens with zero attached hydrogens (tertiary/aromatic N) is 2. The Kier molecular flexibility index (Phi) is 5.04. The third kappa shape index (κ3) is 4.19. The van der Waals surface area contributed by atoms with Crippen LogP contribution in [0.4, 0.5) is 4.39 Å². The van der Waals surface area contributed by atoms with Gasteiger partial charge in [0.15, 0.2) is 0 Å².